The summed E-state index contributed by atoms with van der Waals surface area (Å²) >= 11 is 5.01. The van der Waals surface area contributed by atoms with Crippen LogP contribution in [0.4, 0.5) is 18.9 Å². The smallest absolute Gasteiger partial charge is 0.406 e. The monoisotopic (exact) mass is 448 g/mol. The van der Waals surface area contributed by atoms with Gasteiger partial charge in [-0.2, -0.15) is 5.10 Å². The fourth-order valence-corrected chi connectivity index (χ4v) is 2.21. The Balaban J connectivity index is 1.91. The molecule has 31 heavy (non-hydrogen) atoms. The summed E-state index contributed by atoms with van der Waals surface area (Å²) in [5.74, 6) is -0.111. The van der Waals surface area contributed by atoms with E-state index in [2.05, 4.69) is 37.1 Å². The molecule has 0 saturated heterocycles. The number of aliphatic imine (C=N–C) groups is 2. The molecule has 0 bridgehead atoms. The van der Waals surface area contributed by atoms with Gasteiger partial charge in [0.1, 0.15) is 17.9 Å². The van der Waals surface area contributed by atoms with Crippen LogP contribution in [0.1, 0.15) is 11.1 Å². The number of alkyl halides is 3. The van der Waals surface area contributed by atoms with E-state index in [0.29, 0.717) is 22.9 Å². The Labute approximate surface area is 182 Å². The van der Waals surface area contributed by atoms with Crippen molar-refractivity contribution in [3.63, 3.8) is 0 Å². The van der Waals surface area contributed by atoms with Gasteiger partial charge in [-0.25, -0.2) is 9.98 Å². The van der Waals surface area contributed by atoms with E-state index >= 15 is 0 Å². The van der Waals surface area contributed by atoms with Gasteiger partial charge in [-0.1, -0.05) is 30.3 Å². The molecule has 0 unspecified atom stereocenters. The lowest BCUT2D eigenvalue weighted by molar-refractivity contribution is -0.274. The molecule has 0 aromatic heterocycles. The van der Waals surface area contributed by atoms with Crippen LogP contribution in [0.5, 0.6) is 5.75 Å². The molecule has 0 amide bonds. The minimum absolute atomic E-state index is 0.220. The van der Waals surface area contributed by atoms with Crippen molar-refractivity contribution < 1.29 is 17.9 Å². The van der Waals surface area contributed by atoms with Crippen molar-refractivity contribution in [3.05, 3.63) is 72.3 Å². The molecule has 0 aliphatic carbocycles. The zero-order chi connectivity index (χ0) is 22.7. The highest BCUT2D eigenvalue weighted by atomic mass is 32.1. The summed E-state index contributed by atoms with van der Waals surface area (Å²) < 4.78 is 40.2. The van der Waals surface area contributed by atoms with E-state index < -0.39 is 6.36 Å². The summed E-state index contributed by atoms with van der Waals surface area (Å²) in [6.07, 6.45) is -0.259. The van der Waals surface area contributed by atoms with Gasteiger partial charge in [0.05, 0.1) is 11.9 Å². The van der Waals surface area contributed by atoms with Crippen molar-refractivity contribution >= 4 is 41.4 Å². The van der Waals surface area contributed by atoms with E-state index in [4.69, 9.17) is 18.0 Å². The molecule has 11 heteroatoms. The quantitative estimate of drug-likeness (QED) is 0.188. The number of rotatable bonds is 8. The first-order valence-electron chi connectivity index (χ1n) is 8.76. The maximum atomic E-state index is 12.1. The van der Waals surface area contributed by atoms with Crippen LogP contribution in [-0.2, 0) is 0 Å². The van der Waals surface area contributed by atoms with E-state index in [-0.39, 0.29) is 11.6 Å². The Hall–Kier alpha value is -3.73. The van der Waals surface area contributed by atoms with E-state index in [9.17, 15) is 13.2 Å². The molecular formula is C20H19F3N6OS. The van der Waals surface area contributed by atoms with Gasteiger partial charge in [0.2, 0.25) is 0 Å². The molecule has 0 atom stereocenters. The van der Waals surface area contributed by atoms with Gasteiger partial charge >= 0.3 is 6.36 Å². The third-order valence-corrected chi connectivity index (χ3v) is 3.70. The van der Waals surface area contributed by atoms with Crippen LogP contribution in [0.15, 0.2) is 76.3 Å². The predicted molar refractivity (Wildman–Crippen MR) is 120 cm³/mol. The number of nitrogens with zero attached hydrogens (tertiary/aromatic N) is 3. The van der Waals surface area contributed by atoms with E-state index in [0.717, 1.165) is 17.7 Å². The molecule has 0 fully saturated rings. The van der Waals surface area contributed by atoms with E-state index in [1.165, 1.54) is 18.5 Å². The number of halogens is 3. The molecule has 2 aromatic carbocycles. The van der Waals surface area contributed by atoms with Crippen LogP contribution in [0.25, 0.3) is 0 Å². The lowest BCUT2D eigenvalue weighted by Gasteiger charge is -2.08. The van der Waals surface area contributed by atoms with Crippen LogP contribution in [0.2, 0.25) is 0 Å². The Kier molecular flexibility index (Phi) is 8.70. The zero-order valence-electron chi connectivity index (χ0n) is 16.1. The molecule has 0 aliphatic rings. The van der Waals surface area contributed by atoms with Crippen LogP contribution in [0, 0.1) is 0 Å². The Bertz CT molecular complexity index is 970. The van der Waals surface area contributed by atoms with Crippen molar-refractivity contribution in [3.8, 4) is 5.75 Å². The van der Waals surface area contributed by atoms with Gasteiger partial charge in [-0.3, -0.25) is 5.43 Å². The van der Waals surface area contributed by atoms with Crippen LogP contribution in [0.3, 0.4) is 0 Å². The fourth-order valence-electron chi connectivity index (χ4n) is 2.08. The van der Waals surface area contributed by atoms with Crippen molar-refractivity contribution in [2.75, 3.05) is 6.54 Å². The number of nitrogens with one attached hydrogen (secondary N) is 2. The van der Waals surface area contributed by atoms with Gasteiger partial charge in [-0.05, 0) is 42.0 Å². The predicted octanol–water partition coefficient (Wildman–Crippen LogP) is 3.63. The van der Waals surface area contributed by atoms with Crippen molar-refractivity contribution in [2.45, 2.75) is 6.36 Å². The summed E-state index contributed by atoms with van der Waals surface area (Å²) in [6.45, 7) is 4.11. The maximum absolute atomic E-state index is 12.1. The average Bonchev–Trinajstić information content (AvgIpc) is 2.73. The van der Waals surface area contributed by atoms with Gasteiger partial charge in [0.25, 0.3) is 0 Å². The maximum Gasteiger partial charge on any atom is 0.573 e. The first-order valence-corrected chi connectivity index (χ1v) is 9.17. The molecule has 0 spiro atoms. The molecule has 0 aliphatic heterocycles. The fraction of sp³-hybridized carbons (Fsp3) is 0.100. The van der Waals surface area contributed by atoms with Gasteiger partial charge in [0.15, 0.2) is 5.11 Å². The second kappa shape index (κ2) is 11.5. The highest BCUT2D eigenvalue weighted by molar-refractivity contribution is 7.80. The van der Waals surface area contributed by atoms with E-state index in [1.54, 1.807) is 36.6 Å². The minimum atomic E-state index is -4.74. The Morgan fingerprint density at radius 3 is 2.42 bits per heavy atom. The van der Waals surface area contributed by atoms with E-state index in [1.807, 2.05) is 0 Å². The normalized spacial score (nSPS) is 12.2. The number of hydrogen-bond acceptors (Lipinski definition) is 4. The summed E-state index contributed by atoms with van der Waals surface area (Å²) in [6, 6.07) is 12.1. The summed E-state index contributed by atoms with van der Waals surface area (Å²) in [4.78, 5) is 8.05. The SMILES string of the molecule is C=CCNC(=S)N/N=C/c1ccc(C(N)=NC=Nc2ccc(OC(F)(F)F)cc2)cc1. The van der Waals surface area contributed by atoms with Crippen LogP contribution in [-0.4, -0.2) is 36.4 Å². The number of thiocarbonyl (C=S) groups is 1. The molecule has 0 radical (unpaired) electrons. The molecule has 2 aromatic rings. The summed E-state index contributed by atoms with van der Waals surface area (Å²) in [5, 5.41) is 7.27. The summed E-state index contributed by atoms with van der Waals surface area (Å²) in [5.41, 5.74) is 10.5. The third-order valence-electron chi connectivity index (χ3n) is 3.47. The van der Waals surface area contributed by atoms with Gasteiger partial charge < -0.3 is 15.8 Å². The Morgan fingerprint density at radius 1 is 1.13 bits per heavy atom. The average molecular weight is 448 g/mol. The van der Waals surface area contributed by atoms with Crippen molar-refractivity contribution in [1.82, 2.24) is 10.7 Å². The second-order valence-electron chi connectivity index (χ2n) is 5.79. The molecule has 0 saturated carbocycles. The van der Waals surface area contributed by atoms with Crippen LogP contribution >= 0.6 is 12.2 Å². The Morgan fingerprint density at radius 2 is 1.81 bits per heavy atom. The zero-order valence-corrected chi connectivity index (χ0v) is 17.0. The molecule has 2 rings (SSSR count). The number of hydrogen-bond donors (Lipinski definition) is 3. The molecule has 162 valence electrons. The number of benzene rings is 2. The van der Waals surface area contributed by atoms with Crippen LogP contribution < -0.4 is 21.2 Å². The molecule has 0 heterocycles. The third kappa shape index (κ3) is 9.09. The highest BCUT2D eigenvalue weighted by Gasteiger charge is 2.30. The topological polar surface area (TPSA) is 96.4 Å². The minimum Gasteiger partial charge on any atom is -0.406 e. The molecular weight excluding hydrogens is 429 g/mol. The van der Waals surface area contributed by atoms with Gasteiger partial charge in [-0.15, -0.1) is 19.8 Å². The number of hydrazone groups is 1. The number of amidine groups is 1. The number of nitrogens with two attached hydrogens (primary N) is 1. The van der Waals surface area contributed by atoms with Crippen molar-refractivity contribution in [1.29, 1.82) is 0 Å². The summed E-state index contributed by atoms with van der Waals surface area (Å²) in [7, 11) is 0. The lowest BCUT2D eigenvalue weighted by atomic mass is 10.1. The van der Waals surface area contributed by atoms with Crippen molar-refractivity contribution in [2.24, 2.45) is 20.8 Å². The highest BCUT2D eigenvalue weighted by Crippen LogP contribution is 2.24. The first kappa shape index (κ1) is 23.5. The largest absolute Gasteiger partial charge is 0.573 e. The van der Waals surface area contributed by atoms with Gasteiger partial charge in [0, 0.05) is 12.1 Å². The standard InChI is InChI=1S/C20H19F3N6OS/c1-2-11-25-19(31)29-28-12-14-3-5-15(6-4-14)18(24)27-13-26-16-7-9-17(10-8-16)30-20(21,22)23/h2-10,12-13H,1,11H2,(H2,24,26,27)(H2,25,29,31)/b28-12+. The number of ether oxygens (including phenoxy) is 1. The molecule has 4 N–H and O–H groups in total. The first-order chi connectivity index (χ1) is 14.8. The lowest BCUT2D eigenvalue weighted by Crippen LogP contribution is -2.31. The molecule has 7 nitrogen and oxygen atoms in total. The second-order valence-corrected chi connectivity index (χ2v) is 6.20.